The molecule has 108 valence electrons. The van der Waals surface area contributed by atoms with Crippen LogP contribution in [-0.4, -0.2) is 27.3 Å². The Morgan fingerprint density at radius 2 is 2.43 bits per heavy atom. The Kier molecular flexibility index (Phi) is 3.44. The molecule has 0 spiro atoms. The van der Waals surface area contributed by atoms with Gasteiger partial charge in [-0.1, -0.05) is 0 Å². The van der Waals surface area contributed by atoms with Gasteiger partial charge >= 0.3 is 5.97 Å². The number of esters is 1. The maximum Gasteiger partial charge on any atom is 0.357 e. The Balaban J connectivity index is 1.92. The second kappa shape index (κ2) is 5.41. The predicted octanol–water partition coefficient (Wildman–Crippen LogP) is 2.35. The van der Waals surface area contributed by atoms with Crippen molar-refractivity contribution in [2.75, 3.05) is 12.3 Å². The molecule has 0 amide bonds. The molecule has 0 aliphatic heterocycles. The van der Waals surface area contributed by atoms with E-state index in [1.807, 2.05) is 0 Å². The van der Waals surface area contributed by atoms with Crippen LogP contribution in [0, 0.1) is 0 Å². The highest BCUT2D eigenvalue weighted by atomic mass is 32.1. The number of thiazole rings is 1. The van der Waals surface area contributed by atoms with Crippen LogP contribution in [-0.2, 0) is 4.74 Å². The zero-order valence-corrected chi connectivity index (χ0v) is 12.0. The van der Waals surface area contributed by atoms with E-state index in [1.165, 1.54) is 16.0 Å². The van der Waals surface area contributed by atoms with Gasteiger partial charge in [0.25, 0.3) is 0 Å². The summed E-state index contributed by atoms with van der Waals surface area (Å²) in [6, 6.07) is 5.25. The normalized spacial score (nSPS) is 10.7. The maximum atomic E-state index is 11.6. The SMILES string of the molecule is CCOC(=O)c1csc(-n2nc(-c3ccco3)cc2N)n1. The second-order valence-corrected chi connectivity index (χ2v) is 4.92. The molecule has 3 rings (SSSR count). The smallest absolute Gasteiger partial charge is 0.357 e. The van der Waals surface area contributed by atoms with E-state index in [0.717, 1.165) is 0 Å². The third-order valence-electron chi connectivity index (χ3n) is 2.67. The van der Waals surface area contributed by atoms with Gasteiger partial charge in [0.1, 0.15) is 11.5 Å². The summed E-state index contributed by atoms with van der Waals surface area (Å²) >= 11 is 1.26. The van der Waals surface area contributed by atoms with Gasteiger partial charge in [0.05, 0.1) is 12.9 Å². The number of ether oxygens (including phenoxy) is 1. The molecule has 0 radical (unpaired) electrons. The third-order valence-corrected chi connectivity index (χ3v) is 3.48. The fourth-order valence-electron chi connectivity index (χ4n) is 1.75. The summed E-state index contributed by atoms with van der Waals surface area (Å²) in [5.74, 6) is 0.561. The van der Waals surface area contributed by atoms with Crippen molar-refractivity contribution in [1.82, 2.24) is 14.8 Å². The number of anilines is 1. The summed E-state index contributed by atoms with van der Waals surface area (Å²) in [6.07, 6.45) is 1.56. The van der Waals surface area contributed by atoms with Crippen molar-refractivity contribution in [2.45, 2.75) is 6.92 Å². The van der Waals surface area contributed by atoms with Crippen LogP contribution in [0.1, 0.15) is 17.4 Å². The van der Waals surface area contributed by atoms with Crippen LogP contribution in [0.25, 0.3) is 16.6 Å². The molecule has 0 aliphatic rings. The lowest BCUT2D eigenvalue weighted by Gasteiger charge is -1.98. The van der Waals surface area contributed by atoms with E-state index < -0.39 is 5.97 Å². The molecular formula is C13H12N4O3S. The number of nitrogens with two attached hydrogens (primary N) is 1. The van der Waals surface area contributed by atoms with Crippen LogP contribution in [0.15, 0.2) is 34.3 Å². The highest BCUT2D eigenvalue weighted by Crippen LogP contribution is 2.24. The fourth-order valence-corrected chi connectivity index (χ4v) is 2.52. The summed E-state index contributed by atoms with van der Waals surface area (Å²) < 4.78 is 11.6. The molecule has 0 aliphatic carbocycles. The lowest BCUT2D eigenvalue weighted by atomic mass is 10.3. The van der Waals surface area contributed by atoms with E-state index >= 15 is 0 Å². The summed E-state index contributed by atoms with van der Waals surface area (Å²) in [5, 5.41) is 6.44. The van der Waals surface area contributed by atoms with Gasteiger partial charge in [0.15, 0.2) is 11.5 Å². The zero-order chi connectivity index (χ0) is 14.8. The number of hydrogen-bond donors (Lipinski definition) is 1. The van der Waals surface area contributed by atoms with Gasteiger partial charge < -0.3 is 14.9 Å². The van der Waals surface area contributed by atoms with Gasteiger partial charge in [-0.3, -0.25) is 0 Å². The highest BCUT2D eigenvalue weighted by molar-refractivity contribution is 7.12. The van der Waals surface area contributed by atoms with E-state index in [2.05, 4.69) is 10.1 Å². The number of rotatable bonds is 4. The molecule has 0 fully saturated rings. The predicted molar refractivity (Wildman–Crippen MR) is 77.3 cm³/mol. The first-order chi connectivity index (χ1) is 10.2. The van der Waals surface area contributed by atoms with Crippen molar-refractivity contribution in [1.29, 1.82) is 0 Å². The van der Waals surface area contributed by atoms with Gasteiger partial charge in [-0.15, -0.1) is 11.3 Å². The zero-order valence-electron chi connectivity index (χ0n) is 11.1. The largest absolute Gasteiger partial charge is 0.463 e. The molecular weight excluding hydrogens is 292 g/mol. The second-order valence-electron chi connectivity index (χ2n) is 4.08. The Morgan fingerprint density at radius 3 is 3.14 bits per heavy atom. The minimum absolute atomic E-state index is 0.242. The van der Waals surface area contributed by atoms with Gasteiger partial charge in [-0.05, 0) is 19.1 Å². The lowest BCUT2D eigenvalue weighted by molar-refractivity contribution is 0.0520. The Bertz CT molecular complexity index is 760. The minimum Gasteiger partial charge on any atom is -0.463 e. The van der Waals surface area contributed by atoms with E-state index in [-0.39, 0.29) is 5.69 Å². The van der Waals surface area contributed by atoms with Crippen molar-refractivity contribution < 1.29 is 13.9 Å². The van der Waals surface area contributed by atoms with Gasteiger partial charge in [-0.25, -0.2) is 9.78 Å². The molecule has 0 saturated carbocycles. The van der Waals surface area contributed by atoms with E-state index in [1.54, 1.807) is 36.8 Å². The standard InChI is InChI=1S/C13H12N4O3S/c1-2-19-12(18)9-7-21-13(15-9)17-11(14)6-8(16-17)10-4-3-5-20-10/h3-7H,2,14H2,1H3. The number of nitrogens with zero attached hydrogens (tertiary/aromatic N) is 3. The molecule has 3 aromatic heterocycles. The lowest BCUT2D eigenvalue weighted by Crippen LogP contribution is -2.06. The molecule has 0 bridgehead atoms. The first-order valence-electron chi connectivity index (χ1n) is 6.21. The van der Waals surface area contributed by atoms with E-state index in [9.17, 15) is 4.79 Å². The summed E-state index contributed by atoms with van der Waals surface area (Å²) in [7, 11) is 0. The topological polar surface area (TPSA) is 96.2 Å². The first kappa shape index (κ1) is 13.4. The van der Waals surface area contributed by atoms with Crippen molar-refractivity contribution in [2.24, 2.45) is 0 Å². The molecule has 0 aromatic carbocycles. The molecule has 3 heterocycles. The van der Waals surface area contributed by atoms with Crippen LogP contribution < -0.4 is 5.73 Å². The van der Waals surface area contributed by atoms with Gasteiger partial charge in [-0.2, -0.15) is 9.78 Å². The quantitative estimate of drug-likeness (QED) is 0.743. The Morgan fingerprint density at radius 1 is 1.57 bits per heavy atom. The van der Waals surface area contributed by atoms with E-state index in [4.69, 9.17) is 14.9 Å². The Labute approximate surface area is 124 Å². The first-order valence-corrected chi connectivity index (χ1v) is 7.09. The van der Waals surface area contributed by atoms with Crippen LogP contribution in [0.2, 0.25) is 0 Å². The number of carbonyl (C=O) groups is 1. The van der Waals surface area contributed by atoms with Gasteiger partial charge in [0, 0.05) is 11.4 Å². The molecule has 3 aromatic rings. The summed E-state index contributed by atoms with van der Waals surface area (Å²) in [5.41, 5.74) is 6.78. The average molecular weight is 304 g/mol. The number of nitrogen functional groups attached to an aromatic ring is 1. The molecule has 21 heavy (non-hydrogen) atoms. The molecule has 0 unspecified atom stereocenters. The van der Waals surface area contributed by atoms with Crippen LogP contribution in [0.5, 0.6) is 0 Å². The molecule has 2 N–H and O–H groups in total. The molecule has 0 saturated heterocycles. The molecule has 8 heteroatoms. The van der Waals surface area contributed by atoms with Gasteiger partial charge in [0.2, 0.25) is 5.13 Å². The minimum atomic E-state index is -0.461. The highest BCUT2D eigenvalue weighted by Gasteiger charge is 2.16. The van der Waals surface area contributed by atoms with Crippen LogP contribution in [0.3, 0.4) is 0 Å². The number of hydrogen-bond acceptors (Lipinski definition) is 7. The van der Waals surface area contributed by atoms with Crippen LogP contribution >= 0.6 is 11.3 Å². The fraction of sp³-hybridized carbons (Fsp3) is 0.154. The van der Waals surface area contributed by atoms with Crippen molar-refractivity contribution in [3.8, 4) is 16.6 Å². The number of aromatic nitrogens is 3. The van der Waals surface area contributed by atoms with Crippen LogP contribution in [0.4, 0.5) is 5.82 Å². The monoisotopic (exact) mass is 304 g/mol. The van der Waals surface area contributed by atoms with E-state index in [0.29, 0.717) is 29.0 Å². The van der Waals surface area contributed by atoms with Crippen molar-refractivity contribution in [3.63, 3.8) is 0 Å². The number of carbonyl (C=O) groups excluding carboxylic acids is 1. The summed E-state index contributed by atoms with van der Waals surface area (Å²) in [6.45, 7) is 2.05. The molecule has 7 nitrogen and oxygen atoms in total. The third kappa shape index (κ3) is 2.52. The maximum absolute atomic E-state index is 11.6. The molecule has 0 atom stereocenters. The van der Waals surface area contributed by atoms with Crippen molar-refractivity contribution >= 4 is 23.1 Å². The average Bonchev–Trinajstić information content (AvgIpc) is 3.18. The number of furan rings is 1. The van der Waals surface area contributed by atoms with Crippen molar-refractivity contribution in [3.05, 3.63) is 35.5 Å². The summed E-state index contributed by atoms with van der Waals surface area (Å²) in [4.78, 5) is 15.8. The Hall–Kier alpha value is -2.61.